The van der Waals surface area contributed by atoms with Gasteiger partial charge in [0.2, 0.25) is 0 Å². The molecule has 1 aromatic carbocycles. The van der Waals surface area contributed by atoms with Crippen LogP contribution in [0.5, 0.6) is 0 Å². The maximum Gasteiger partial charge on any atom is 0.337 e. The minimum absolute atomic E-state index is 0.0467. The molecule has 0 saturated heterocycles. The third-order valence-electron chi connectivity index (χ3n) is 2.76. The van der Waals surface area contributed by atoms with Crippen LogP contribution in [0.1, 0.15) is 34.0 Å². The van der Waals surface area contributed by atoms with E-state index in [0.717, 1.165) is 10.7 Å². The van der Waals surface area contributed by atoms with E-state index < -0.39 is 12.0 Å². The Balaban J connectivity index is 2.04. The summed E-state index contributed by atoms with van der Waals surface area (Å²) in [6, 6.07) is 5.53. The molecular formula is C14H15N3O3S. The summed E-state index contributed by atoms with van der Waals surface area (Å²) in [4.78, 5) is 27.3. The minimum Gasteiger partial charge on any atom is -0.478 e. The summed E-state index contributed by atoms with van der Waals surface area (Å²) in [5, 5.41) is 17.0. The quantitative estimate of drug-likeness (QED) is 0.809. The van der Waals surface area contributed by atoms with Crippen molar-refractivity contribution >= 4 is 29.0 Å². The number of amides is 2. The number of carboxylic acids is 1. The van der Waals surface area contributed by atoms with Gasteiger partial charge in [0.05, 0.1) is 17.3 Å². The molecule has 0 aliphatic rings. The number of hydrogen-bond donors (Lipinski definition) is 3. The second-order valence-corrected chi connectivity index (χ2v) is 5.39. The number of carbonyl (C=O) groups excluding carboxylic acids is 1. The highest BCUT2D eigenvalue weighted by Crippen LogP contribution is 2.18. The molecule has 1 atom stereocenters. The van der Waals surface area contributed by atoms with Gasteiger partial charge in [0, 0.05) is 11.1 Å². The van der Waals surface area contributed by atoms with Crippen LogP contribution in [0.2, 0.25) is 0 Å². The molecule has 1 aromatic heterocycles. The van der Waals surface area contributed by atoms with Gasteiger partial charge in [0.25, 0.3) is 0 Å². The summed E-state index contributed by atoms with van der Waals surface area (Å²) in [7, 11) is 0. The predicted molar refractivity (Wildman–Crippen MR) is 80.8 cm³/mol. The summed E-state index contributed by atoms with van der Waals surface area (Å²) >= 11 is 1.47. The molecule has 0 aliphatic carbocycles. The number of rotatable bonds is 4. The molecule has 110 valence electrons. The van der Waals surface area contributed by atoms with Crippen LogP contribution in [0, 0.1) is 6.92 Å². The lowest BCUT2D eigenvalue weighted by atomic mass is 10.2. The number of anilines is 1. The molecule has 0 spiro atoms. The predicted octanol–water partition coefficient (Wildman–Crippen LogP) is 3.03. The largest absolute Gasteiger partial charge is 0.478 e. The van der Waals surface area contributed by atoms with Gasteiger partial charge in [0.1, 0.15) is 5.01 Å². The average molecular weight is 305 g/mol. The first-order valence-electron chi connectivity index (χ1n) is 6.29. The SMILES string of the molecule is Cc1csc(C(C)NC(=O)Nc2ccccc2C(=O)O)n1. The van der Waals surface area contributed by atoms with Crippen molar-refractivity contribution in [2.24, 2.45) is 0 Å². The van der Waals surface area contributed by atoms with Crippen LogP contribution < -0.4 is 10.6 Å². The monoisotopic (exact) mass is 305 g/mol. The zero-order valence-electron chi connectivity index (χ0n) is 11.6. The molecule has 2 aromatic rings. The van der Waals surface area contributed by atoms with Crippen LogP contribution in [0.4, 0.5) is 10.5 Å². The van der Waals surface area contributed by atoms with E-state index in [-0.39, 0.29) is 17.3 Å². The zero-order valence-corrected chi connectivity index (χ0v) is 12.4. The summed E-state index contributed by atoms with van der Waals surface area (Å²) in [6.07, 6.45) is 0. The number of carbonyl (C=O) groups is 2. The van der Waals surface area contributed by atoms with Crippen molar-refractivity contribution in [2.45, 2.75) is 19.9 Å². The molecule has 1 heterocycles. The lowest BCUT2D eigenvalue weighted by Crippen LogP contribution is -2.31. The van der Waals surface area contributed by atoms with E-state index in [4.69, 9.17) is 5.11 Å². The number of aromatic carboxylic acids is 1. The van der Waals surface area contributed by atoms with Gasteiger partial charge in [0.15, 0.2) is 0 Å². The summed E-state index contributed by atoms with van der Waals surface area (Å²) in [5.74, 6) is -1.09. The zero-order chi connectivity index (χ0) is 15.4. The van der Waals surface area contributed by atoms with Crippen LogP contribution >= 0.6 is 11.3 Å². The topological polar surface area (TPSA) is 91.3 Å². The first-order valence-corrected chi connectivity index (χ1v) is 7.17. The van der Waals surface area contributed by atoms with Gasteiger partial charge in [-0.05, 0) is 26.0 Å². The second-order valence-electron chi connectivity index (χ2n) is 4.50. The Hall–Kier alpha value is -2.41. The highest BCUT2D eigenvalue weighted by atomic mass is 32.1. The van der Waals surface area contributed by atoms with Crippen molar-refractivity contribution in [3.8, 4) is 0 Å². The number of aromatic nitrogens is 1. The summed E-state index contributed by atoms with van der Waals surface area (Å²) < 4.78 is 0. The third kappa shape index (κ3) is 3.79. The fourth-order valence-electron chi connectivity index (χ4n) is 1.77. The van der Waals surface area contributed by atoms with Gasteiger partial charge < -0.3 is 15.7 Å². The van der Waals surface area contributed by atoms with Crippen molar-refractivity contribution in [1.82, 2.24) is 10.3 Å². The number of urea groups is 1. The number of nitrogens with zero attached hydrogens (tertiary/aromatic N) is 1. The molecule has 0 bridgehead atoms. The molecule has 7 heteroatoms. The van der Waals surface area contributed by atoms with Crippen molar-refractivity contribution in [3.63, 3.8) is 0 Å². The summed E-state index contributed by atoms with van der Waals surface area (Å²) in [5.41, 5.74) is 1.20. The molecule has 6 nitrogen and oxygen atoms in total. The number of carboxylic acid groups (broad SMARTS) is 1. The van der Waals surface area contributed by atoms with E-state index in [1.54, 1.807) is 18.2 Å². The molecule has 0 aliphatic heterocycles. The smallest absolute Gasteiger partial charge is 0.337 e. The van der Waals surface area contributed by atoms with Crippen LogP contribution in [0.3, 0.4) is 0 Å². The van der Waals surface area contributed by atoms with E-state index in [1.165, 1.54) is 17.4 Å². The third-order valence-corrected chi connectivity index (χ3v) is 3.91. The standard InChI is InChI=1S/C14H15N3O3S/c1-8-7-21-12(15-8)9(2)16-14(20)17-11-6-4-3-5-10(11)13(18)19/h3-7,9H,1-2H3,(H,18,19)(H2,16,17,20). The van der Waals surface area contributed by atoms with Crippen molar-refractivity contribution in [2.75, 3.05) is 5.32 Å². The maximum atomic E-state index is 11.9. The van der Waals surface area contributed by atoms with Crippen LogP contribution in [-0.4, -0.2) is 22.1 Å². The van der Waals surface area contributed by atoms with Gasteiger partial charge in [-0.25, -0.2) is 14.6 Å². The number of benzene rings is 1. The Kier molecular flexibility index (Phi) is 4.54. The molecule has 0 radical (unpaired) electrons. The Labute approximate surface area is 125 Å². The van der Waals surface area contributed by atoms with Crippen LogP contribution in [0.25, 0.3) is 0 Å². The molecular weight excluding hydrogens is 290 g/mol. The molecule has 0 saturated carbocycles. The first kappa shape index (κ1) is 15.0. The Morgan fingerprint density at radius 3 is 2.67 bits per heavy atom. The van der Waals surface area contributed by atoms with Gasteiger partial charge in [-0.15, -0.1) is 11.3 Å². The second kappa shape index (κ2) is 6.36. The van der Waals surface area contributed by atoms with Gasteiger partial charge in [-0.2, -0.15) is 0 Å². The highest BCUT2D eigenvalue weighted by Gasteiger charge is 2.15. The maximum absolute atomic E-state index is 11.9. The molecule has 21 heavy (non-hydrogen) atoms. The van der Waals surface area contributed by atoms with Crippen molar-refractivity contribution < 1.29 is 14.7 Å². The van der Waals surface area contributed by atoms with E-state index in [0.29, 0.717) is 0 Å². The number of thiazole rings is 1. The van der Waals surface area contributed by atoms with Gasteiger partial charge in [-0.3, -0.25) is 0 Å². The van der Waals surface area contributed by atoms with E-state index in [2.05, 4.69) is 15.6 Å². The average Bonchev–Trinajstić information content (AvgIpc) is 2.85. The Morgan fingerprint density at radius 2 is 2.05 bits per heavy atom. The molecule has 0 fully saturated rings. The fraction of sp³-hybridized carbons (Fsp3) is 0.214. The number of hydrogen-bond acceptors (Lipinski definition) is 4. The van der Waals surface area contributed by atoms with Crippen molar-refractivity contribution in [1.29, 1.82) is 0 Å². The molecule has 1 unspecified atom stereocenters. The summed E-state index contributed by atoms with van der Waals surface area (Å²) in [6.45, 7) is 3.71. The number of aryl methyl sites for hydroxylation is 1. The van der Waals surface area contributed by atoms with Gasteiger partial charge >= 0.3 is 12.0 Å². The Bertz CT molecular complexity index is 669. The first-order chi connectivity index (χ1) is 9.97. The van der Waals surface area contributed by atoms with E-state index in [9.17, 15) is 9.59 Å². The number of nitrogens with one attached hydrogen (secondary N) is 2. The molecule has 3 N–H and O–H groups in total. The molecule has 2 rings (SSSR count). The van der Waals surface area contributed by atoms with Gasteiger partial charge in [-0.1, -0.05) is 12.1 Å². The lowest BCUT2D eigenvalue weighted by Gasteiger charge is -2.13. The number of para-hydroxylation sites is 1. The Morgan fingerprint density at radius 1 is 1.33 bits per heavy atom. The lowest BCUT2D eigenvalue weighted by molar-refractivity contribution is 0.0698. The van der Waals surface area contributed by atoms with Crippen LogP contribution in [-0.2, 0) is 0 Å². The van der Waals surface area contributed by atoms with E-state index >= 15 is 0 Å². The highest BCUT2D eigenvalue weighted by molar-refractivity contribution is 7.09. The van der Waals surface area contributed by atoms with Crippen molar-refractivity contribution in [3.05, 3.63) is 45.9 Å². The minimum atomic E-state index is -1.09. The fourth-order valence-corrected chi connectivity index (χ4v) is 2.57. The normalized spacial score (nSPS) is 11.7. The van der Waals surface area contributed by atoms with Crippen LogP contribution in [0.15, 0.2) is 29.6 Å². The van der Waals surface area contributed by atoms with E-state index in [1.807, 2.05) is 19.2 Å². The molecule has 2 amide bonds.